The predicted octanol–water partition coefficient (Wildman–Crippen LogP) is 13.4. The maximum Gasteiger partial charge on any atom is 0.227 e. The number of pyridine rings is 2. The predicted molar refractivity (Wildman–Crippen MR) is 217 cm³/mol. The van der Waals surface area contributed by atoms with Crippen molar-refractivity contribution in [2.75, 3.05) is 4.90 Å². The normalized spacial score (nSPS) is 11.8. The molecule has 0 radical (unpaired) electrons. The third-order valence-corrected chi connectivity index (χ3v) is 10.3. The summed E-state index contributed by atoms with van der Waals surface area (Å²) in [4.78, 5) is 11.8. The van der Waals surface area contributed by atoms with Gasteiger partial charge in [0.25, 0.3) is 0 Å². The summed E-state index contributed by atoms with van der Waals surface area (Å²) in [6.45, 7) is 0. The van der Waals surface area contributed by atoms with Crippen molar-refractivity contribution in [3.8, 4) is 22.4 Å². The van der Waals surface area contributed by atoms with Crippen LogP contribution < -0.4 is 4.90 Å². The first-order valence-electron chi connectivity index (χ1n) is 17.7. The molecule has 11 rings (SSSR count). The quantitative estimate of drug-likeness (QED) is 0.181. The molecule has 0 fully saturated rings. The minimum Gasteiger partial charge on any atom is -0.456 e. The maximum absolute atomic E-state index is 6.50. The van der Waals surface area contributed by atoms with Crippen LogP contribution in [0.4, 0.5) is 17.1 Å². The van der Waals surface area contributed by atoms with E-state index in [0.717, 1.165) is 83.1 Å². The number of rotatable bonds is 5. The van der Waals surface area contributed by atoms with Gasteiger partial charge in [0.15, 0.2) is 0 Å². The van der Waals surface area contributed by atoms with Gasteiger partial charge in [-0.3, -0.25) is 4.98 Å². The molecular weight excluding hydrogens is 651 g/mol. The van der Waals surface area contributed by atoms with Crippen LogP contribution in [0.1, 0.15) is 0 Å². The van der Waals surface area contributed by atoms with E-state index in [9.17, 15) is 0 Å². The van der Waals surface area contributed by atoms with Crippen LogP contribution in [-0.2, 0) is 0 Å². The van der Waals surface area contributed by atoms with E-state index in [0.29, 0.717) is 5.71 Å². The smallest absolute Gasteiger partial charge is 0.227 e. The van der Waals surface area contributed by atoms with Gasteiger partial charge in [0.1, 0.15) is 16.7 Å². The van der Waals surface area contributed by atoms with Crippen LogP contribution in [0.25, 0.3) is 88.1 Å². The number of hydrogen-bond acceptors (Lipinski definition) is 5. The number of aromatic nitrogens is 2. The summed E-state index contributed by atoms with van der Waals surface area (Å²) in [5, 5.41) is 7.73. The van der Waals surface area contributed by atoms with Crippen LogP contribution in [0.15, 0.2) is 185 Å². The molecule has 248 valence electrons. The highest BCUT2D eigenvalue weighted by atomic mass is 16.3. The number of anilines is 3. The van der Waals surface area contributed by atoms with E-state index in [4.69, 9.17) is 13.8 Å². The van der Waals surface area contributed by atoms with E-state index in [2.05, 4.69) is 155 Å². The Morgan fingerprint density at radius 3 is 1.94 bits per heavy atom. The molecule has 0 atom stereocenters. The van der Waals surface area contributed by atoms with Crippen molar-refractivity contribution in [3.63, 3.8) is 0 Å². The number of furan rings is 2. The standard InChI is InChI=1S/C48H29N3O2/c1-2-7-33-26-34(12-11-30(33)6-1)31-13-17-36(18-14-31)51(38-21-22-40-42-29-44-35(8-5-25-49-44)27-46(42)52-47(40)28-38)37-19-15-32(16-20-37)43-24-23-41-39-9-3-4-10-45(39)53-48(41)50-43/h1-29H. The Bertz CT molecular complexity index is 3180. The van der Waals surface area contributed by atoms with E-state index in [1.54, 1.807) is 0 Å². The number of benzene rings is 7. The Balaban J connectivity index is 1.01. The second-order valence-electron chi connectivity index (χ2n) is 13.5. The Kier molecular flexibility index (Phi) is 6.48. The molecule has 0 amide bonds. The van der Waals surface area contributed by atoms with Crippen LogP contribution in [0.3, 0.4) is 0 Å². The number of para-hydroxylation sites is 1. The number of hydrogen-bond donors (Lipinski definition) is 0. The van der Waals surface area contributed by atoms with Gasteiger partial charge in [-0.25, -0.2) is 4.98 Å². The average molecular weight is 680 g/mol. The highest BCUT2D eigenvalue weighted by Gasteiger charge is 2.17. The second-order valence-corrected chi connectivity index (χ2v) is 13.5. The first-order valence-corrected chi connectivity index (χ1v) is 17.7. The molecule has 0 bridgehead atoms. The van der Waals surface area contributed by atoms with Gasteiger partial charge >= 0.3 is 0 Å². The lowest BCUT2D eigenvalue weighted by molar-refractivity contribution is 0.654. The van der Waals surface area contributed by atoms with Crippen molar-refractivity contribution in [2.24, 2.45) is 0 Å². The molecule has 0 spiro atoms. The zero-order valence-electron chi connectivity index (χ0n) is 28.4. The molecular formula is C48H29N3O2. The lowest BCUT2D eigenvalue weighted by Crippen LogP contribution is -2.09. The molecule has 11 aromatic rings. The fourth-order valence-corrected chi connectivity index (χ4v) is 7.64. The zero-order valence-corrected chi connectivity index (χ0v) is 28.4. The molecule has 0 aliphatic carbocycles. The van der Waals surface area contributed by atoms with Gasteiger partial charge in [-0.15, -0.1) is 0 Å². The summed E-state index contributed by atoms with van der Waals surface area (Å²) in [6.07, 6.45) is 1.83. The van der Waals surface area contributed by atoms with E-state index in [-0.39, 0.29) is 0 Å². The number of nitrogens with zero attached hydrogens (tertiary/aromatic N) is 3. The van der Waals surface area contributed by atoms with Gasteiger partial charge in [-0.2, -0.15) is 0 Å². The van der Waals surface area contributed by atoms with Crippen LogP contribution in [0, 0.1) is 0 Å². The molecule has 4 aromatic heterocycles. The number of fused-ring (bicyclic) bond motifs is 8. The van der Waals surface area contributed by atoms with Gasteiger partial charge in [0.05, 0.1) is 11.2 Å². The average Bonchev–Trinajstić information content (AvgIpc) is 3.77. The summed E-state index contributed by atoms with van der Waals surface area (Å²) in [6, 6.07) is 59.4. The molecule has 53 heavy (non-hydrogen) atoms. The SMILES string of the molecule is c1ccc2cc(-c3ccc(N(c4ccc(-c5ccc6c(n5)oc5ccccc56)cc4)c4ccc5c(c4)oc4cc6cccnc6cc45)cc3)ccc2c1. The van der Waals surface area contributed by atoms with Crippen LogP contribution >= 0.6 is 0 Å². The largest absolute Gasteiger partial charge is 0.456 e. The Morgan fingerprint density at radius 1 is 0.396 bits per heavy atom. The van der Waals surface area contributed by atoms with Gasteiger partial charge in [-0.1, -0.05) is 84.9 Å². The minimum atomic E-state index is 0.642. The highest BCUT2D eigenvalue weighted by molar-refractivity contribution is 6.10. The van der Waals surface area contributed by atoms with E-state index >= 15 is 0 Å². The Labute approximate surface area is 304 Å². The van der Waals surface area contributed by atoms with Gasteiger partial charge in [0, 0.05) is 61.8 Å². The molecule has 5 nitrogen and oxygen atoms in total. The minimum absolute atomic E-state index is 0.642. The first kappa shape index (κ1) is 29.5. The Morgan fingerprint density at radius 2 is 1.08 bits per heavy atom. The molecule has 4 heterocycles. The monoisotopic (exact) mass is 679 g/mol. The van der Waals surface area contributed by atoms with E-state index in [1.807, 2.05) is 30.5 Å². The van der Waals surface area contributed by atoms with Gasteiger partial charge in [0.2, 0.25) is 5.71 Å². The highest BCUT2D eigenvalue weighted by Crippen LogP contribution is 2.41. The van der Waals surface area contributed by atoms with Gasteiger partial charge < -0.3 is 13.7 Å². The lowest BCUT2D eigenvalue weighted by Gasteiger charge is -2.26. The fourth-order valence-electron chi connectivity index (χ4n) is 7.64. The summed E-state index contributed by atoms with van der Waals surface area (Å²) in [5.41, 5.74) is 11.4. The van der Waals surface area contributed by atoms with Crippen molar-refractivity contribution in [1.29, 1.82) is 0 Å². The van der Waals surface area contributed by atoms with E-state index in [1.165, 1.54) is 16.3 Å². The zero-order chi connectivity index (χ0) is 34.9. The summed E-state index contributed by atoms with van der Waals surface area (Å²) < 4.78 is 12.6. The van der Waals surface area contributed by atoms with Crippen LogP contribution in [0.2, 0.25) is 0 Å². The second kappa shape index (κ2) is 11.7. The molecule has 0 aliphatic rings. The molecule has 0 saturated heterocycles. The van der Waals surface area contributed by atoms with Gasteiger partial charge in [-0.05, 0) is 101 Å². The topological polar surface area (TPSA) is 55.3 Å². The van der Waals surface area contributed by atoms with Crippen LogP contribution in [0.5, 0.6) is 0 Å². The summed E-state index contributed by atoms with van der Waals surface area (Å²) in [5.74, 6) is 0. The lowest BCUT2D eigenvalue weighted by atomic mass is 10.0. The van der Waals surface area contributed by atoms with Crippen LogP contribution in [-0.4, -0.2) is 9.97 Å². The maximum atomic E-state index is 6.50. The van der Waals surface area contributed by atoms with Crippen molar-refractivity contribution in [3.05, 3.63) is 176 Å². The molecule has 0 saturated carbocycles. The van der Waals surface area contributed by atoms with Crippen molar-refractivity contribution >= 4 is 82.7 Å². The summed E-state index contributed by atoms with van der Waals surface area (Å²) >= 11 is 0. The Hall–Kier alpha value is -7.24. The summed E-state index contributed by atoms with van der Waals surface area (Å²) in [7, 11) is 0. The molecule has 0 N–H and O–H groups in total. The van der Waals surface area contributed by atoms with Crippen molar-refractivity contribution < 1.29 is 8.83 Å². The third kappa shape index (κ3) is 4.94. The molecule has 7 aromatic carbocycles. The van der Waals surface area contributed by atoms with Crippen molar-refractivity contribution in [1.82, 2.24) is 9.97 Å². The first-order chi connectivity index (χ1) is 26.2. The van der Waals surface area contributed by atoms with Crippen molar-refractivity contribution in [2.45, 2.75) is 0 Å². The third-order valence-electron chi connectivity index (χ3n) is 10.3. The molecule has 0 unspecified atom stereocenters. The van der Waals surface area contributed by atoms with E-state index < -0.39 is 0 Å². The fraction of sp³-hybridized carbons (Fsp3) is 0. The molecule has 0 aliphatic heterocycles. The molecule has 5 heteroatoms.